The van der Waals surface area contributed by atoms with Crippen LogP contribution in [-0.2, 0) is 0 Å². The molecule has 1 aliphatic carbocycles. The van der Waals surface area contributed by atoms with Crippen LogP contribution in [0.3, 0.4) is 0 Å². The average Bonchev–Trinajstić information content (AvgIpc) is 2.44. The number of hydrogen-bond donors (Lipinski definition) is 0. The lowest BCUT2D eigenvalue weighted by molar-refractivity contribution is 0.0528. The standard InChI is InChI=1S/C18H35N/c1-2-3-4-5-6-10-15-19-16-11-14-18(17-19)12-8-7-9-13-18/h2-17H2,1H3. The van der Waals surface area contributed by atoms with Crippen LogP contribution in [-0.4, -0.2) is 24.5 Å². The molecule has 1 saturated heterocycles. The van der Waals surface area contributed by atoms with Crippen molar-refractivity contribution in [2.45, 2.75) is 90.4 Å². The second-order valence-electron chi connectivity index (χ2n) is 7.21. The second kappa shape index (κ2) is 8.29. The van der Waals surface area contributed by atoms with E-state index < -0.39 is 0 Å². The fourth-order valence-electron chi connectivity index (χ4n) is 4.33. The monoisotopic (exact) mass is 265 g/mol. The van der Waals surface area contributed by atoms with E-state index in [0.717, 1.165) is 5.41 Å². The van der Waals surface area contributed by atoms with Crippen LogP contribution in [0.4, 0.5) is 0 Å². The predicted molar refractivity (Wildman–Crippen MR) is 84.6 cm³/mol. The number of likely N-dealkylation sites (tertiary alicyclic amines) is 1. The highest BCUT2D eigenvalue weighted by Crippen LogP contribution is 2.43. The summed E-state index contributed by atoms with van der Waals surface area (Å²) in [4.78, 5) is 2.80. The van der Waals surface area contributed by atoms with Gasteiger partial charge in [-0.3, -0.25) is 0 Å². The Labute approximate surface area is 121 Å². The van der Waals surface area contributed by atoms with Crippen LogP contribution in [0.5, 0.6) is 0 Å². The summed E-state index contributed by atoms with van der Waals surface area (Å²) in [5, 5.41) is 0. The minimum absolute atomic E-state index is 0.749. The van der Waals surface area contributed by atoms with E-state index in [-0.39, 0.29) is 0 Å². The first-order valence-corrected chi connectivity index (χ1v) is 9.07. The van der Waals surface area contributed by atoms with E-state index >= 15 is 0 Å². The van der Waals surface area contributed by atoms with Gasteiger partial charge in [0.05, 0.1) is 0 Å². The zero-order valence-electron chi connectivity index (χ0n) is 13.3. The molecule has 1 saturated carbocycles. The van der Waals surface area contributed by atoms with Crippen molar-refractivity contribution in [2.24, 2.45) is 5.41 Å². The van der Waals surface area contributed by atoms with E-state index in [4.69, 9.17) is 0 Å². The molecule has 1 heterocycles. The summed E-state index contributed by atoms with van der Waals surface area (Å²) >= 11 is 0. The van der Waals surface area contributed by atoms with E-state index in [1.54, 1.807) is 0 Å². The first kappa shape index (κ1) is 15.4. The Hall–Kier alpha value is -0.0400. The van der Waals surface area contributed by atoms with Gasteiger partial charge in [0.15, 0.2) is 0 Å². The molecule has 2 fully saturated rings. The third kappa shape index (κ3) is 5.10. The molecule has 0 aromatic rings. The molecule has 0 aromatic carbocycles. The molecule has 0 amide bonds. The Morgan fingerprint density at radius 1 is 0.789 bits per heavy atom. The molecular formula is C18H35N. The molecule has 0 atom stereocenters. The van der Waals surface area contributed by atoms with Gasteiger partial charge in [0.1, 0.15) is 0 Å². The van der Waals surface area contributed by atoms with Crippen molar-refractivity contribution in [3.8, 4) is 0 Å². The zero-order chi connectivity index (χ0) is 13.4. The maximum atomic E-state index is 2.80. The van der Waals surface area contributed by atoms with E-state index in [1.807, 2.05) is 0 Å². The zero-order valence-corrected chi connectivity index (χ0v) is 13.3. The normalized spacial score (nSPS) is 23.8. The summed E-state index contributed by atoms with van der Waals surface area (Å²) in [5.41, 5.74) is 0.749. The first-order valence-electron chi connectivity index (χ1n) is 9.07. The highest BCUT2D eigenvalue weighted by molar-refractivity contribution is 4.89. The van der Waals surface area contributed by atoms with E-state index in [1.165, 1.54) is 103 Å². The Kier molecular flexibility index (Phi) is 6.70. The fourth-order valence-corrected chi connectivity index (χ4v) is 4.33. The molecule has 1 heteroatoms. The van der Waals surface area contributed by atoms with Gasteiger partial charge in [-0.1, -0.05) is 58.3 Å². The molecule has 1 aliphatic heterocycles. The SMILES string of the molecule is CCCCCCCCN1CCCC2(CCCCC2)C1. The van der Waals surface area contributed by atoms with Crippen LogP contribution in [0.25, 0.3) is 0 Å². The van der Waals surface area contributed by atoms with Gasteiger partial charge in [-0.15, -0.1) is 0 Å². The molecule has 0 aromatic heterocycles. The molecule has 112 valence electrons. The largest absolute Gasteiger partial charge is 0.303 e. The molecule has 2 rings (SSSR count). The molecule has 0 radical (unpaired) electrons. The molecule has 1 spiro atoms. The van der Waals surface area contributed by atoms with Crippen molar-refractivity contribution in [1.29, 1.82) is 0 Å². The smallest absolute Gasteiger partial charge is 0.00380 e. The van der Waals surface area contributed by atoms with Gasteiger partial charge in [-0.2, -0.15) is 0 Å². The Morgan fingerprint density at radius 3 is 2.26 bits per heavy atom. The maximum absolute atomic E-state index is 2.80. The third-order valence-corrected chi connectivity index (χ3v) is 5.48. The van der Waals surface area contributed by atoms with Gasteiger partial charge >= 0.3 is 0 Å². The minimum atomic E-state index is 0.749. The number of rotatable bonds is 7. The molecular weight excluding hydrogens is 230 g/mol. The van der Waals surface area contributed by atoms with E-state index in [2.05, 4.69) is 11.8 Å². The van der Waals surface area contributed by atoms with Gasteiger partial charge in [0.2, 0.25) is 0 Å². The third-order valence-electron chi connectivity index (χ3n) is 5.48. The van der Waals surface area contributed by atoms with Gasteiger partial charge in [-0.05, 0) is 50.6 Å². The summed E-state index contributed by atoms with van der Waals surface area (Å²) in [6.45, 7) is 6.50. The molecule has 0 bridgehead atoms. The summed E-state index contributed by atoms with van der Waals surface area (Å²) in [6.07, 6.45) is 19.2. The lowest BCUT2D eigenvalue weighted by Gasteiger charge is -2.45. The van der Waals surface area contributed by atoms with Crippen molar-refractivity contribution in [2.75, 3.05) is 19.6 Å². The van der Waals surface area contributed by atoms with Crippen molar-refractivity contribution in [3.63, 3.8) is 0 Å². The van der Waals surface area contributed by atoms with Gasteiger partial charge in [0, 0.05) is 6.54 Å². The number of unbranched alkanes of at least 4 members (excludes halogenated alkanes) is 5. The topological polar surface area (TPSA) is 3.24 Å². The van der Waals surface area contributed by atoms with Crippen molar-refractivity contribution >= 4 is 0 Å². The van der Waals surface area contributed by atoms with E-state index in [0.29, 0.717) is 0 Å². The molecule has 0 unspecified atom stereocenters. The van der Waals surface area contributed by atoms with Crippen LogP contribution >= 0.6 is 0 Å². The number of hydrogen-bond acceptors (Lipinski definition) is 1. The minimum Gasteiger partial charge on any atom is -0.303 e. The van der Waals surface area contributed by atoms with E-state index in [9.17, 15) is 0 Å². The van der Waals surface area contributed by atoms with Gasteiger partial charge < -0.3 is 4.90 Å². The van der Waals surface area contributed by atoms with Crippen LogP contribution < -0.4 is 0 Å². The summed E-state index contributed by atoms with van der Waals surface area (Å²) in [7, 11) is 0. The highest BCUT2D eigenvalue weighted by Gasteiger charge is 2.35. The van der Waals surface area contributed by atoms with Crippen LogP contribution in [0.2, 0.25) is 0 Å². The molecule has 2 aliphatic rings. The van der Waals surface area contributed by atoms with Crippen molar-refractivity contribution in [3.05, 3.63) is 0 Å². The summed E-state index contributed by atoms with van der Waals surface area (Å²) in [6, 6.07) is 0. The predicted octanol–water partition coefficient (Wildman–Crippen LogP) is 5.39. The van der Waals surface area contributed by atoms with Gasteiger partial charge in [0.25, 0.3) is 0 Å². The fraction of sp³-hybridized carbons (Fsp3) is 1.00. The molecule has 1 nitrogen and oxygen atoms in total. The number of nitrogens with zero attached hydrogens (tertiary/aromatic N) is 1. The van der Waals surface area contributed by atoms with Crippen molar-refractivity contribution < 1.29 is 0 Å². The second-order valence-corrected chi connectivity index (χ2v) is 7.21. The number of piperidine rings is 1. The van der Waals surface area contributed by atoms with Crippen LogP contribution in [0, 0.1) is 5.41 Å². The Bertz CT molecular complexity index is 224. The summed E-state index contributed by atoms with van der Waals surface area (Å²) < 4.78 is 0. The quantitative estimate of drug-likeness (QED) is 0.558. The maximum Gasteiger partial charge on any atom is 0.00380 e. The Balaban J connectivity index is 1.61. The van der Waals surface area contributed by atoms with Crippen molar-refractivity contribution in [1.82, 2.24) is 4.90 Å². The Morgan fingerprint density at radius 2 is 1.47 bits per heavy atom. The first-order chi connectivity index (χ1) is 9.35. The summed E-state index contributed by atoms with van der Waals surface area (Å²) in [5.74, 6) is 0. The average molecular weight is 265 g/mol. The lowest BCUT2D eigenvalue weighted by atomic mass is 9.69. The highest BCUT2D eigenvalue weighted by atomic mass is 15.1. The molecule has 0 N–H and O–H groups in total. The van der Waals surface area contributed by atoms with Crippen LogP contribution in [0.15, 0.2) is 0 Å². The van der Waals surface area contributed by atoms with Gasteiger partial charge in [-0.25, -0.2) is 0 Å². The lowest BCUT2D eigenvalue weighted by Crippen LogP contribution is -2.44. The van der Waals surface area contributed by atoms with Crippen LogP contribution in [0.1, 0.15) is 90.4 Å². The molecule has 19 heavy (non-hydrogen) atoms.